The minimum Gasteiger partial charge on any atom is -0.506 e. The van der Waals surface area contributed by atoms with Crippen LogP contribution in [0.2, 0.25) is 5.02 Å². The van der Waals surface area contributed by atoms with Crippen molar-refractivity contribution >= 4 is 50.6 Å². The van der Waals surface area contributed by atoms with E-state index < -0.39 is 0 Å². The number of hydrogen-bond donors (Lipinski definition) is 1. The van der Waals surface area contributed by atoms with E-state index in [9.17, 15) is 9.90 Å². The quantitative estimate of drug-likeness (QED) is 0.351. The zero-order chi connectivity index (χ0) is 25.0. The molecule has 1 aliphatic carbocycles. The highest BCUT2D eigenvalue weighted by atomic mass is 79.9. The molecular formula is C28H20BrClN2O3S. The molecule has 0 spiro atoms. The number of aryl methyl sites for hydroxylation is 1. The molecule has 0 amide bonds. The average Bonchev–Trinajstić information content (AvgIpc) is 3.20. The average molecular weight is 580 g/mol. The molecule has 1 atom stereocenters. The molecule has 180 valence electrons. The van der Waals surface area contributed by atoms with Crippen LogP contribution in [0.25, 0.3) is 11.8 Å². The summed E-state index contributed by atoms with van der Waals surface area (Å²) in [6.07, 6.45) is 3.39. The number of rotatable bonds is 3. The van der Waals surface area contributed by atoms with E-state index in [1.165, 1.54) is 16.9 Å². The second kappa shape index (κ2) is 9.07. The molecule has 3 aromatic carbocycles. The fraction of sp³-hybridized carbons (Fsp3) is 0.143. The standard InChI is InChI=1S/C28H20BrClN2O3S/c1-35-19-9-6-16(7-10-19)25-21-11-8-15-4-2-3-5-20(15)24(21)31-28-32(25)27(34)23(36-28)13-17-12-18(29)14-22(30)26(17)33/h2-7,9-10,12-14,25,33H,8,11H2,1H3/b23-13+/t25-/m1/s1. The van der Waals surface area contributed by atoms with Crippen molar-refractivity contribution in [3.63, 3.8) is 0 Å². The van der Waals surface area contributed by atoms with Crippen molar-refractivity contribution in [2.75, 3.05) is 7.11 Å². The predicted molar refractivity (Wildman–Crippen MR) is 147 cm³/mol. The van der Waals surface area contributed by atoms with Crippen LogP contribution in [0.1, 0.15) is 34.7 Å². The molecule has 0 saturated heterocycles. The molecule has 0 unspecified atom stereocenters. The first kappa shape index (κ1) is 23.3. The van der Waals surface area contributed by atoms with Gasteiger partial charge in [-0.3, -0.25) is 9.36 Å². The van der Waals surface area contributed by atoms with Gasteiger partial charge in [-0.25, -0.2) is 4.99 Å². The smallest absolute Gasteiger partial charge is 0.271 e. The number of fused-ring (bicyclic) bond motifs is 3. The molecule has 5 nitrogen and oxygen atoms in total. The van der Waals surface area contributed by atoms with Crippen LogP contribution in [0.15, 0.2) is 80.5 Å². The lowest BCUT2D eigenvalue weighted by Gasteiger charge is -2.30. The van der Waals surface area contributed by atoms with Gasteiger partial charge in [0.1, 0.15) is 11.5 Å². The number of thiazole rings is 1. The minimum atomic E-state index is -0.280. The van der Waals surface area contributed by atoms with Gasteiger partial charge >= 0.3 is 0 Å². The van der Waals surface area contributed by atoms with Crippen LogP contribution >= 0.6 is 38.9 Å². The molecule has 1 aliphatic heterocycles. The van der Waals surface area contributed by atoms with Crippen molar-refractivity contribution in [1.29, 1.82) is 0 Å². The lowest BCUT2D eigenvalue weighted by Crippen LogP contribution is -2.38. The van der Waals surface area contributed by atoms with Crippen LogP contribution in [-0.4, -0.2) is 16.8 Å². The normalized spacial score (nSPS) is 16.8. The molecular weight excluding hydrogens is 560 g/mol. The molecule has 4 aromatic rings. The minimum absolute atomic E-state index is 0.0642. The van der Waals surface area contributed by atoms with Gasteiger partial charge in [0.05, 0.1) is 28.4 Å². The fourth-order valence-corrected chi connectivity index (χ4v) is 6.77. The zero-order valence-corrected chi connectivity index (χ0v) is 22.3. The van der Waals surface area contributed by atoms with Crippen molar-refractivity contribution in [3.05, 3.63) is 118 Å². The summed E-state index contributed by atoms with van der Waals surface area (Å²) in [6, 6.07) is 19.3. The summed E-state index contributed by atoms with van der Waals surface area (Å²) in [4.78, 5) is 19.5. The highest BCUT2D eigenvalue weighted by molar-refractivity contribution is 9.10. The Kier molecular flexibility index (Phi) is 5.86. The lowest BCUT2D eigenvalue weighted by molar-refractivity contribution is 0.414. The maximum atomic E-state index is 13.8. The first-order valence-corrected chi connectivity index (χ1v) is 13.4. The van der Waals surface area contributed by atoms with Crippen molar-refractivity contribution in [2.24, 2.45) is 4.99 Å². The van der Waals surface area contributed by atoms with Crippen molar-refractivity contribution in [2.45, 2.75) is 18.9 Å². The first-order valence-electron chi connectivity index (χ1n) is 11.4. The van der Waals surface area contributed by atoms with Gasteiger partial charge in [0.2, 0.25) is 0 Å². The monoisotopic (exact) mass is 578 g/mol. The Bertz CT molecular complexity index is 1740. The number of aromatic nitrogens is 1. The van der Waals surface area contributed by atoms with Crippen LogP contribution < -0.4 is 19.6 Å². The van der Waals surface area contributed by atoms with E-state index in [1.54, 1.807) is 29.9 Å². The second-order valence-electron chi connectivity index (χ2n) is 8.71. The molecule has 1 aromatic heterocycles. The fourth-order valence-electron chi connectivity index (χ4n) is 4.95. The molecule has 0 fully saturated rings. The summed E-state index contributed by atoms with van der Waals surface area (Å²) in [7, 11) is 1.64. The van der Waals surface area contributed by atoms with Crippen LogP contribution in [-0.2, 0) is 6.42 Å². The van der Waals surface area contributed by atoms with Gasteiger partial charge in [0, 0.05) is 15.6 Å². The van der Waals surface area contributed by atoms with Gasteiger partial charge < -0.3 is 9.84 Å². The number of allylic oxidation sites excluding steroid dienone is 1. The van der Waals surface area contributed by atoms with Crippen LogP contribution in [0, 0.1) is 0 Å². The Balaban J connectivity index is 1.62. The molecule has 2 aliphatic rings. The SMILES string of the molecule is COc1ccc([C@@H]2C3=C(N=c4s/c(=C/c5cc(Br)cc(Cl)c5O)c(=O)n42)c2ccccc2CC3)cc1. The van der Waals surface area contributed by atoms with E-state index in [4.69, 9.17) is 21.3 Å². The molecule has 36 heavy (non-hydrogen) atoms. The Hall–Kier alpha value is -3.13. The first-order chi connectivity index (χ1) is 17.4. The van der Waals surface area contributed by atoms with Gasteiger partial charge in [-0.2, -0.15) is 0 Å². The number of nitrogens with zero attached hydrogens (tertiary/aromatic N) is 2. The van der Waals surface area contributed by atoms with E-state index >= 15 is 0 Å². The van der Waals surface area contributed by atoms with Crippen LogP contribution in [0.5, 0.6) is 11.5 Å². The highest BCUT2D eigenvalue weighted by Gasteiger charge is 2.32. The Morgan fingerprint density at radius 3 is 2.72 bits per heavy atom. The third-order valence-corrected chi connectivity index (χ3v) is 8.38. The van der Waals surface area contributed by atoms with E-state index in [0.717, 1.165) is 41.0 Å². The Labute approximate surface area is 224 Å². The number of hydrogen-bond acceptors (Lipinski definition) is 5. The van der Waals surface area contributed by atoms with Gasteiger partial charge in [-0.15, -0.1) is 0 Å². The zero-order valence-electron chi connectivity index (χ0n) is 19.2. The maximum absolute atomic E-state index is 13.8. The number of benzene rings is 3. The van der Waals surface area contributed by atoms with E-state index in [-0.39, 0.29) is 22.4 Å². The number of ether oxygens (including phenoxy) is 1. The largest absolute Gasteiger partial charge is 0.506 e. The van der Waals surface area contributed by atoms with E-state index in [2.05, 4.69) is 34.1 Å². The maximum Gasteiger partial charge on any atom is 0.271 e. The van der Waals surface area contributed by atoms with Crippen LogP contribution in [0.4, 0.5) is 0 Å². The molecule has 1 N–H and O–H groups in total. The molecule has 0 bridgehead atoms. The van der Waals surface area contributed by atoms with Gasteiger partial charge in [-0.05, 0) is 59.9 Å². The second-order valence-corrected chi connectivity index (χ2v) is 11.0. The van der Waals surface area contributed by atoms with Crippen molar-refractivity contribution < 1.29 is 9.84 Å². The lowest BCUT2D eigenvalue weighted by atomic mass is 9.83. The number of methoxy groups -OCH3 is 1. The molecule has 6 rings (SSSR count). The number of halogens is 2. The Morgan fingerprint density at radius 2 is 1.94 bits per heavy atom. The van der Waals surface area contributed by atoms with Gasteiger partial charge in [0.15, 0.2) is 4.80 Å². The molecule has 0 radical (unpaired) electrons. The summed E-state index contributed by atoms with van der Waals surface area (Å²) >= 11 is 10.9. The Morgan fingerprint density at radius 1 is 1.17 bits per heavy atom. The summed E-state index contributed by atoms with van der Waals surface area (Å²) in [5.41, 5.74) is 5.77. The predicted octanol–water partition coefficient (Wildman–Crippen LogP) is 5.45. The highest BCUT2D eigenvalue weighted by Crippen LogP contribution is 2.41. The number of aromatic hydroxyl groups is 1. The topological polar surface area (TPSA) is 63.8 Å². The summed E-state index contributed by atoms with van der Waals surface area (Å²) in [5.74, 6) is 0.696. The molecule has 2 heterocycles. The van der Waals surface area contributed by atoms with Crippen molar-refractivity contribution in [1.82, 2.24) is 4.57 Å². The van der Waals surface area contributed by atoms with E-state index in [1.807, 2.05) is 30.3 Å². The third-order valence-electron chi connectivity index (χ3n) is 6.65. The molecule has 8 heteroatoms. The summed E-state index contributed by atoms with van der Waals surface area (Å²) in [6.45, 7) is 0. The third kappa shape index (κ3) is 3.82. The van der Waals surface area contributed by atoms with Gasteiger partial charge in [0.25, 0.3) is 5.56 Å². The number of phenolic OH excluding ortho intramolecular Hbond substituents is 1. The van der Waals surface area contributed by atoms with E-state index in [0.29, 0.717) is 19.4 Å². The van der Waals surface area contributed by atoms with Gasteiger partial charge in [-0.1, -0.05) is 75.3 Å². The molecule has 0 saturated carbocycles. The number of phenols is 1. The summed E-state index contributed by atoms with van der Waals surface area (Å²) < 4.78 is 8.33. The van der Waals surface area contributed by atoms with Crippen molar-refractivity contribution in [3.8, 4) is 11.5 Å². The van der Waals surface area contributed by atoms with Crippen LogP contribution in [0.3, 0.4) is 0 Å². The summed E-state index contributed by atoms with van der Waals surface area (Å²) in [5, 5.41) is 10.7.